The van der Waals surface area contributed by atoms with Crippen molar-refractivity contribution in [2.75, 3.05) is 16.8 Å². The maximum atomic E-state index is 11.7. The van der Waals surface area contributed by atoms with Crippen molar-refractivity contribution in [2.24, 2.45) is 0 Å². The third-order valence-corrected chi connectivity index (χ3v) is 4.17. The molecule has 3 N–H and O–H groups in total. The molecule has 0 aliphatic rings. The first kappa shape index (κ1) is 15.2. The predicted molar refractivity (Wildman–Crippen MR) is 81.3 cm³/mol. The summed E-state index contributed by atoms with van der Waals surface area (Å²) in [6, 6.07) is 5.05. The second-order valence-corrected chi connectivity index (χ2v) is 6.10. The van der Waals surface area contributed by atoms with Crippen LogP contribution in [0.5, 0.6) is 0 Å². The molecule has 0 bridgehead atoms. The van der Waals surface area contributed by atoms with Gasteiger partial charge in [0.1, 0.15) is 0 Å². The highest BCUT2D eigenvalue weighted by atomic mass is 35.5. The van der Waals surface area contributed by atoms with E-state index >= 15 is 0 Å². The van der Waals surface area contributed by atoms with Gasteiger partial charge in [0.2, 0.25) is 5.91 Å². The van der Waals surface area contributed by atoms with Gasteiger partial charge in [-0.15, -0.1) is 0 Å². The quantitative estimate of drug-likeness (QED) is 0.783. The van der Waals surface area contributed by atoms with Crippen molar-refractivity contribution in [1.29, 1.82) is 0 Å². The number of nitrogens with one attached hydrogen (secondary N) is 1. The number of amides is 1. The van der Waals surface area contributed by atoms with E-state index in [9.17, 15) is 4.79 Å². The number of thioether (sulfide) groups is 1. The lowest BCUT2D eigenvalue weighted by molar-refractivity contribution is -0.115. The number of benzene rings is 1. The van der Waals surface area contributed by atoms with E-state index in [0.717, 1.165) is 12.2 Å². The van der Waals surface area contributed by atoms with Crippen LogP contribution >= 0.6 is 23.4 Å². The molecule has 1 aromatic rings. The Morgan fingerprint density at radius 3 is 2.94 bits per heavy atom. The van der Waals surface area contributed by atoms with E-state index in [1.165, 1.54) is 0 Å². The summed E-state index contributed by atoms with van der Waals surface area (Å²) in [7, 11) is 0. The van der Waals surface area contributed by atoms with Crippen molar-refractivity contribution in [1.82, 2.24) is 0 Å². The van der Waals surface area contributed by atoms with Gasteiger partial charge in [0.25, 0.3) is 0 Å². The van der Waals surface area contributed by atoms with Gasteiger partial charge < -0.3 is 11.1 Å². The summed E-state index contributed by atoms with van der Waals surface area (Å²) in [4.78, 5) is 11.7. The van der Waals surface area contributed by atoms with Crippen LogP contribution in [0.3, 0.4) is 0 Å². The van der Waals surface area contributed by atoms with Gasteiger partial charge in [-0.3, -0.25) is 4.79 Å². The van der Waals surface area contributed by atoms with E-state index in [4.69, 9.17) is 17.3 Å². The highest BCUT2D eigenvalue weighted by Gasteiger charge is 2.07. The highest BCUT2D eigenvalue weighted by molar-refractivity contribution is 7.99. The molecule has 0 fully saturated rings. The normalized spacial score (nSPS) is 12.2. The van der Waals surface area contributed by atoms with Crippen molar-refractivity contribution in [3.63, 3.8) is 0 Å². The SMILES string of the molecule is CCC(C)SCCC(=O)Nc1cc(Cl)ccc1N. The third-order valence-electron chi connectivity index (χ3n) is 2.60. The standard InChI is InChI=1S/C13H19ClN2OS/c1-3-9(2)18-7-6-13(17)16-12-8-10(14)4-5-11(12)15/h4-5,8-9H,3,6-7,15H2,1-2H3,(H,16,17). The molecule has 18 heavy (non-hydrogen) atoms. The number of nitrogen functional groups attached to an aromatic ring is 1. The minimum Gasteiger partial charge on any atom is -0.397 e. The predicted octanol–water partition coefficient (Wildman–Crippen LogP) is 3.78. The van der Waals surface area contributed by atoms with Gasteiger partial charge in [-0.05, 0) is 24.6 Å². The van der Waals surface area contributed by atoms with Crippen LogP contribution in [0.2, 0.25) is 5.02 Å². The maximum absolute atomic E-state index is 11.7. The van der Waals surface area contributed by atoms with E-state index in [1.54, 1.807) is 30.0 Å². The van der Waals surface area contributed by atoms with Crippen molar-refractivity contribution in [2.45, 2.75) is 31.9 Å². The molecule has 1 unspecified atom stereocenters. The number of halogens is 1. The van der Waals surface area contributed by atoms with Crippen LogP contribution in [0.25, 0.3) is 0 Å². The second-order valence-electron chi connectivity index (χ2n) is 4.12. The number of hydrogen-bond acceptors (Lipinski definition) is 3. The smallest absolute Gasteiger partial charge is 0.225 e. The van der Waals surface area contributed by atoms with Crippen LogP contribution in [0.15, 0.2) is 18.2 Å². The highest BCUT2D eigenvalue weighted by Crippen LogP contribution is 2.23. The minimum absolute atomic E-state index is 0.0280. The van der Waals surface area contributed by atoms with Crippen LogP contribution in [0.4, 0.5) is 11.4 Å². The molecule has 0 saturated heterocycles. The van der Waals surface area contributed by atoms with Gasteiger partial charge in [0.05, 0.1) is 11.4 Å². The number of anilines is 2. The van der Waals surface area contributed by atoms with Gasteiger partial charge in [-0.25, -0.2) is 0 Å². The number of rotatable bonds is 6. The number of nitrogens with two attached hydrogens (primary N) is 1. The first-order valence-corrected chi connectivity index (χ1v) is 7.42. The lowest BCUT2D eigenvalue weighted by Gasteiger charge is -2.10. The van der Waals surface area contributed by atoms with E-state index in [2.05, 4.69) is 19.2 Å². The zero-order chi connectivity index (χ0) is 13.5. The average Bonchev–Trinajstić information content (AvgIpc) is 2.33. The van der Waals surface area contributed by atoms with Crippen molar-refractivity contribution in [3.8, 4) is 0 Å². The Balaban J connectivity index is 2.42. The number of hydrogen-bond donors (Lipinski definition) is 2. The monoisotopic (exact) mass is 286 g/mol. The molecule has 1 amide bonds. The molecule has 0 radical (unpaired) electrons. The van der Waals surface area contributed by atoms with E-state index < -0.39 is 0 Å². The molecule has 3 nitrogen and oxygen atoms in total. The molecule has 0 aromatic heterocycles. The van der Waals surface area contributed by atoms with E-state index in [-0.39, 0.29) is 5.91 Å². The Bertz CT molecular complexity index is 412. The molecule has 1 aromatic carbocycles. The van der Waals surface area contributed by atoms with E-state index in [0.29, 0.717) is 28.1 Å². The summed E-state index contributed by atoms with van der Waals surface area (Å²) in [5, 5.41) is 3.94. The van der Waals surface area contributed by atoms with Crippen molar-refractivity contribution < 1.29 is 4.79 Å². The molecule has 1 rings (SSSR count). The molecule has 0 aliphatic heterocycles. The fourth-order valence-electron chi connectivity index (χ4n) is 1.32. The van der Waals surface area contributed by atoms with Crippen LogP contribution in [-0.2, 0) is 4.79 Å². The molecule has 0 saturated carbocycles. The van der Waals surface area contributed by atoms with Gasteiger partial charge in [0, 0.05) is 22.4 Å². The Hall–Kier alpha value is -0.870. The van der Waals surface area contributed by atoms with Crippen LogP contribution < -0.4 is 11.1 Å². The van der Waals surface area contributed by atoms with Gasteiger partial charge in [-0.2, -0.15) is 11.8 Å². The van der Waals surface area contributed by atoms with Gasteiger partial charge in [0.15, 0.2) is 0 Å². The molecule has 0 aliphatic carbocycles. The fraction of sp³-hybridized carbons (Fsp3) is 0.462. The summed E-state index contributed by atoms with van der Waals surface area (Å²) in [5.74, 6) is 0.793. The first-order valence-electron chi connectivity index (χ1n) is 5.99. The van der Waals surface area contributed by atoms with Crippen LogP contribution in [0.1, 0.15) is 26.7 Å². The fourth-order valence-corrected chi connectivity index (χ4v) is 2.43. The molecule has 100 valence electrons. The summed E-state index contributed by atoms with van der Waals surface area (Å²) in [5.41, 5.74) is 6.87. The van der Waals surface area contributed by atoms with Gasteiger partial charge in [-0.1, -0.05) is 25.4 Å². The topological polar surface area (TPSA) is 55.1 Å². The summed E-state index contributed by atoms with van der Waals surface area (Å²) >= 11 is 7.66. The summed E-state index contributed by atoms with van der Waals surface area (Å²) in [6.45, 7) is 4.31. The van der Waals surface area contributed by atoms with Crippen molar-refractivity contribution in [3.05, 3.63) is 23.2 Å². The lowest BCUT2D eigenvalue weighted by atomic mass is 10.2. The van der Waals surface area contributed by atoms with Crippen LogP contribution in [0, 0.1) is 0 Å². The zero-order valence-electron chi connectivity index (χ0n) is 10.7. The Morgan fingerprint density at radius 1 is 1.56 bits per heavy atom. The van der Waals surface area contributed by atoms with E-state index in [1.807, 2.05) is 0 Å². The number of carbonyl (C=O) groups is 1. The largest absolute Gasteiger partial charge is 0.397 e. The molecular formula is C13H19ClN2OS. The lowest BCUT2D eigenvalue weighted by Crippen LogP contribution is -2.14. The molecule has 1 atom stereocenters. The second kappa shape index (κ2) is 7.54. The summed E-state index contributed by atoms with van der Waals surface area (Å²) < 4.78 is 0. The third kappa shape index (κ3) is 5.19. The zero-order valence-corrected chi connectivity index (χ0v) is 12.3. The molecule has 5 heteroatoms. The molecular weight excluding hydrogens is 268 g/mol. The van der Waals surface area contributed by atoms with Gasteiger partial charge >= 0.3 is 0 Å². The minimum atomic E-state index is -0.0280. The molecule has 0 heterocycles. The van der Waals surface area contributed by atoms with Crippen LogP contribution in [-0.4, -0.2) is 16.9 Å². The number of carbonyl (C=O) groups excluding carboxylic acids is 1. The Morgan fingerprint density at radius 2 is 2.28 bits per heavy atom. The first-order chi connectivity index (χ1) is 8.52. The Labute approximate surface area is 117 Å². The molecule has 0 spiro atoms. The average molecular weight is 287 g/mol. The Kier molecular flexibility index (Phi) is 6.36. The maximum Gasteiger partial charge on any atom is 0.225 e. The van der Waals surface area contributed by atoms with Crippen molar-refractivity contribution >= 4 is 40.6 Å². The summed E-state index contributed by atoms with van der Waals surface area (Å²) in [6.07, 6.45) is 1.61.